The van der Waals surface area contributed by atoms with E-state index < -0.39 is 6.10 Å². The second-order valence-corrected chi connectivity index (χ2v) is 19.9. The van der Waals surface area contributed by atoms with Gasteiger partial charge in [0.1, 0.15) is 13.2 Å². The van der Waals surface area contributed by atoms with E-state index >= 15 is 0 Å². The van der Waals surface area contributed by atoms with Gasteiger partial charge in [0.15, 0.2) is 6.10 Å². The summed E-state index contributed by atoms with van der Waals surface area (Å²) in [4.78, 5) is 38.0. The fourth-order valence-electron chi connectivity index (χ4n) is 8.85. The average molecular weight is 918 g/mol. The van der Waals surface area contributed by atoms with Crippen molar-refractivity contribution in [2.45, 2.75) is 335 Å². The Hall–Kier alpha value is -1.85. The Kier molecular flexibility index (Phi) is 53.2. The lowest BCUT2D eigenvalue weighted by Gasteiger charge is -2.18. The van der Waals surface area contributed by atoms with Crippen LogP contribution in [0.5, 0.6) is 0 Å². The fourth-order valence-corrected chi connectivity index (χ4v) is 8.85. The van der Waals surface area contributed by atoms with Crippen LogP contribution in [0.2, 0.25) is 0 Å². The Balaban J connectivity index is 4.17. The van der Waals surface area contributed by atoms with Crippen LogP contribution in [0.4, 0.5) is 0 Å². The Morgan fingerprint density at radius 3 is 0.769 bits per heavy atom. The van der Waals surface area contributed by atoms with Gasteiger partial charge >= 0.3 is 17.9 Å². The van der Waals surface area contributed by atoms with Gasteiger partial charge in [-0.05, 0) is 44.9 Å². The summed E-state index contributed by atoms with van der Waals surface area (Å²) in [6, 6.07) is 0. The van der Waals surface area contributed by atoms with E-state index in [0.717, 1.165) is 57.8 Å². The quantitative estimate of drug-likeness (QED) is 0.0262. The number of hydrogen-bond donors (Lipinski definition) is 0. The SMILES string of the molecule is CCCCCCCCCC/C=C\CCCCCCCCCCCC(=O)OCC(COC(=O)CCCCCCCCCC)OC(=O)CCCCCCCCCCCCCCCCCCCC. The molecule has 0 fully saturated rings. The van der Waals surface area contributed by atoms with Crippen molar-refractivity contribution in [1.82, 2.24) is 0 Å². The largest absolute Gasteiger partial charge is 0.462 e. The van der Waals surface area contributed by atoms with E-state index in [2.05, 4.69) is 32.9 Å². The summed E-state index contributed by atoms with van der Waals surface area (Å²) in [5, 5.41) is 0. The van der Waals surface area contributed by atoms with Crippen LogP contribution in [-0.4, -0.2) is 37.2 Å². The van der Waals surface area contributed by atoms with Gasteiger partial charge in [-0.1, -0.05) is 277 Å². The molecular formula is C59H112O6. The molecule has 65 heavy (non-hydrogen) atoms. The second kappa shape index (κ2) is 54.8. The van der Waals surface area contributed by atoms with Crippen molar-refractivity contribution < 1.29 is 28.6 Å². The van der Waals surface area contributed by atoms with Crippen molar-refractivity contribution in [3.63, 3.8) is 0 Å². The van der Waals surface area contributed by atoms with Crippen LogP contribution in [-0.2, 0) is 28.6 Å². The van der Waals surface area contributed by atoms with Crippen molar-refractivity contribution in [1.29, 1.82) is 0 Å². The van der Waals surface area contributed by atoms with E-state index in [1.807, 2.05) is 0 Å². The maximum atomic E-state index is 12.8. The second-order valence-electron chi connectivity index (χ2n) is 19.9. The molecule has 0 amide bonds. The monoisotopic (exact) mass is 917 g/mol. The number of allylic oxidation sites excluding steroid dienone is 2. The smallest absolute Gasteiger partial charge is 0.306 e. The van der Waals surface area contributed by atoms with Gasteiger partial charge in [-0.2, -0.15) is 0 Å². The molecule has 1 atom stereocenters. The number of unbranched alkanes of at least 4 members (excludes halogenated alkanes) is 41. The van der Waals surface area contributed by atoms with Crippen LogP contribution in [0.15, 0.2) is 12.2 Å². The zero-order valence-corrected chi connectivity index (χ0v) is 44.0. The molecule has 0 aromatic rings. The van der Waals surface area contributed by atoms with Gasteiger partial charge in [-0.3, -0.25) is 14.4 Å². The van der Waals surface area contributed by atoms with Crippen molar-refractivity contribution in [3.8, 4) is 0 Å². The van der Waals surface area contributed by atoms with Crippen LogP contribution in [0, 0.1) is 0 Å². The molecule has 0 N–H and O–H groups in total. The highest BCUT2D eigenvalue weighted by atomic mass is 16.6. The molecule has 0 aromatic heterocycles. The predicted molar refractivity (Wildman–Crippen MR) is 280 cm³/mol. The van der Waals surface area contributed by atoms with E-state index in [4.69, 9.17) is 14.2 Å². The molecular weight excluding hydrogens is 805 g/mol. The highest BCUT2D eigenvalue weighted by Gasteiger charge is 2.19. The van der Waals surface area contributed by atoms with Gasteiger partial charge in [0.05, 0.1) is 0 Å². The molecule has 0 aliphatic rings. The molecule has 0 radical (unpaired) electrons. The van der Waals surface area contributed by atoms with Crippen molar-refractivity contribution in [2.75, 3.05) is 13.2 Å². The molecule has 6 heteroatoms. The molecule has 0 heterocycles. The predicted octanol–water partition coefficient (Wildman–Crippen LogP) is 19.3. The minimum absolute atomic E-state index is 0.0654. The third-order valence-electron chi connectivity index (χ3n) is 13.3. The third kappa shape index (κ3) is 53.0. The van der Waals surface area contributed by atoms with Gasteiger partial charge < -0.3 is 14.2 Å². The van der Waals surface area contributed by atoms with Crippen molar-refractivity contribution in [2.24, 2.45) is 0 Å². The van der Waals surface area contributed by atoms with Gasteiger partial charge in [-0.25, -0.2) is 0 Å². The first-order chi connectivity index (χ1) is 32.0. The molecule has 0 saturated carbocycles. The van der Waals surface area contributed by atoms with Crippen LogP contribution < -0.4 is 0 Å². The van der Waals surface area contributed by atoms with Gasteiger partial charge in [-0.15, -0.1) is 0 Å². The van der Waals surface area contributed by atoms with E-state index in [1.165, 1.54) is 231 Å². The summed E-state index contributed by atoms with van der Waals surface area (Å²) in [5.41, 5.74) is 0. The minimum Gasteiger partial charge on any atom is -0.462 e. The molecule has 1 unspecified atom stereocenters. The maximum absolute atomic E-state index is 12.8. The maximum Gasteiger partial charge on any atom is 0.306 e. The zero-order chi connectivity index (χ0) is 47.2. The zero-order valence-electron chi connectivity index (χ0n) is 44.0. The summed E-state index contributed by atoms with van der Waals surface area (Å²) in [6.45, 7) is 6.66. The highest BCUT2D eigenvalue weighted by Crippen LogP contribution is 2.17. The molecule has 0 aromatic carbocycles. The van der Waals surface area contributed by atoms with Gasteiger partial charge in [0, 0.05) is 19.3 Å². The van der Waals surface area contributed by atoms with Crippen molar-refractivity contribution in [3.05, 3.63) is 12.2 Å². The molecule has 0 rings (SSSR count). The van der Waals surface area contributed by atoms with Crippen LogP contribution in [0.25, 0.3) is 0 Å². The molecule has 0 aliphatic heterocycles. The molecule has 0 bridgehead atoms. The van der Waals surface area contributed by atoms with E-state index in [-0.39, 0.29) is 31.1 Å². The first-order valence-electron chi connectivity index (χ1n) is 29.2. The Morgan fingerprint density at radius 2 is 0.508 bits per heavy atom. The lowest BCUT2D eigenvalue weighted by Crippen LogP contribution is -2.30. The number of esters is 3. The van der Waals surface area contributed by atoms with Gasteiger partial charge in [0.25, 0.3) is 0 Å². The van der Waals surface area contributed by atoms with Crippen LogP contribution in [0.1, 0.15) is 329 Å². The molecule has 6 nitrogen and oxygen atoms in total. The van der Waals surface area contributed by atoms with E-state index in [9.17, 15) is 14.4 Å². The highest BCUT2D eigenvalue weighted by molar-refractivity contribution is 5.71. The fraction of sp³-hybridized carbons (Fsp3) is 0.915. The number of rotatable bonds is 54. The average Bonchev–Trinajstić information content (AvgIpc) is 3.30. The summed E-state index contributed by atoms with van der Waals surface area (Å²) in [6.07, 6.45) is 62.2. The summed E-state index contributed by atoms with van der Waals surface area (Å²) in [7, 11) is 0. The standard InChI is InChI=1S/C59H112O6/c1-4-7-10-13-16-19-21-23-25-27-29-30-31-33-34-36-38-40-43-46-49-52-58(61)64-55-56(54-63-57(60)51-48-45-42-18-15-12-9-6-3)65-59(62)53-50-47-44-41-39-37-35-32-28-26-24-22-20-17-14-11-8-5-2/h27,29,56H,4-26,28,30-55H2,1-3H3/b29-27-. The number of hydrogen-bond acceptors (Lipinski definition) is 6. The minimum atomic E-state index is -0.764. The van der Waals surface area contributed by atoms with Crippen LogP contribution >= 0.6 is 0 Å². The lowest BCUT2D eigenvalue weighted by atomic mass is 10.0. The molecule has 0 saturated heterocycles. The van der Waals surface area contributed by atoms with Crippen molar-refractivity contribution >= 4 is 17.9 Å². The van der Waals surface area contributed by atoms with Gasteiger partial charge in [0.2, 0.25) is 0 Å². The van der Waals surface area contributed by atoms with Crippen LogP contribution in [0.3, 0.4) is 0 Å². The first-order valence-corrected chi connectivity index (χ1v) is 29.2. The topological polar surface area (TPSA) is 78.9 Å². The Labute approximate surface area is 405 Å². The summed E-state index contributed by atoms with van der Waals surface area (Å²) in [5.74, 6) is -0.849. The Bertz CT molecular complexity index is 1010. The Morgan fingerprint density at radius 1 is 0.292 bits per heavy atom. The van der Waals surface area contributed by atoms with E-state index in [1.54, 1.807) is 0 Å². The normalized spacial score (nSPS) is 12.0. The summed E-state index contributed by atoms with van der Waals surface area (Å²) >= 11 is 0. The molecule has 0 aliphatic carbocycles. The van der Waals surface area contributed by atoms with E-state index in [0.29, 0.717) is 19.3 Å². The number of carbonyl (C=O) groups is 3. The first kappa shape index (κ1) is 63.1. The molecule has 384 valence electrons. The molecule has 0 spiro atoms. The number of ether oxygens (including phenoxy) is 3. The summed E-state index contributed by atoms with van der Waals surface area (Å²) < 4.78 is 16.8. The number of carbonyl (C=O) groups excluding carboxylic acids is 3. The third-order valence-corrected chi connectivity index (χ3v) is 13.3. The lowest BCUT2D eigenvalue weighted by molar-refractivity contribution is -0.167.